The Balaban J connectivity index is 2.38. The second kappa shape index (κ2) is 5.70. The predicted octanol–water partition coefficient (Wildman–Crippen LogP) is 1.40. The highest BCUT2D eigenvalue weighted by Gasteiger charge is 1.96. The van der Waals surface area contributed by atoms with Crippen LogP contribution in [0.5, 0.6) is 0 Å². The van der Waals surface area contributed by atoms with E-state index in [-0.39, 0.29) is 6.61 Å². The number of carbonyl (C=O) groups is 1. The molecule has 0 amide bonds. The average Bonchev–Trinajstić information content (AvgIpc) is 2.25. The van der Waals surface area contributed by atoms with Crippen LogP contribution in [0.3, 0.4) is 0 Å². The molecule has 0 bridgehead atoms. The van der Waals surface area contributed by atoms with Crippen LogP contribution in [0.4, 0.5) is 0 Å². The number of hydrogen-bond donors (Lipinski definition) is 0. The number of allylic oxidation sites excluding steroid dienone is 1. The van der Waals surface area contributed by atoms with Gasteiger partial charge in [-0.05, 0) is 11.6 Å². The van der Waals surface area contributed by atoms with Crippen molar-refractivity contribution < 1.29 is 14.3 Å². The summed E-state index contributed by atoms with van der Waals surface area (Å²) in [5.74, 6) is -0.544. The minimum absolute atomic E-state index is 0.211. The highest BCUT2D eigenvalue weighted by atomic mass is 16.5. The molecule has 0 aliphatic heterocycles. The van der Waals surface area contributed by atoms with Crippen molar-refractivity contribution in [2.75, 3.05) is 0 Å². The first kappa shape index (κ1) is 10.2. The monoisotopic (exact) mass is 189 g/mol. The summed E-state index contributed by atoms with van der Waals surface area (Å²) in [5.41, 5.74) is 0.907. The van der Waals surface area contributed by atoms with E-state index < -0.39 is 5.97 Å². The Morgan fingerprint density at radius 2 is 2.07 bits per heavy atom. The third-order valence-electron chi connectivity index (χ3n) is 1.51. The van der Waals surface area contributed by atoms with E-state index in [1.165, 1.54) is 6.29 Å². The molecular formula is C11H9O3. The maximum atomic E-state index is 10.9. The molecule has 0 heterocycles. The van der Waals surface area contributed by atoms with Crippen molar-refractivity contribution in [3.8, 4) is 0 Å². The minimum atomic E-state index is -0.544. The van der Waals surface area contributed by atoms with Gasteiger partial charge in [0.25, 0.3) is 0 Å². The molecule has 0 saturated carbocycles. The van der Waals surface area contributed by atoms with E-state index in [1.807, 2.05) is 30.3 Å². The summed E-state index contributed by atoms with van der Waals surface area (Å²) >= 11 is 0. The molecule has 0 unspecified atom stereocenters. The Morgan fingerprint density at radius 3 is 2.71 bits per heavy atom. The molecule has 0 atom stereocenters. The van der Waals surface area contributed by atoms with Crippen LogP contribution in [0, 0.1) is 0 Å². The van der Waals surface area contributed by atoms with Crippen molar-refractivity contribution in [2.45, 2.75) is 6.61 Å². The second-order valence-electron chi connectivity index (χ2n) is 2.54. The third-order valence-corrected chi connectivity index (χ3v) is 1.51. The van der Waals surface area contributed by atoms with Gasteiger partial charge in [-0.1, -0.05) is 30.3 Å². The molecule has 1 aromatic rings. The van der Waals surface area contributed by atoms with Gasteiger partial charge in [0.2, 0.25) is 6.29 Å². The number of ether oxygens (including phenoxy) is 1. The number of rotatable bonds is 4. The van der Waals surface area contributed by atoms with E-state index in [2.05, 4.69) is 0 Å². The zero-order valence-electron chi connectivity index (χ0n) is 7.47. The summed E-state index contributed by atoms with van der Waals surface area (Å²) in [4.78, 5) is 20.7. The molecule has 0 aliphatic carbocycles. The highest BCUT2D eigenvalue weighted by Crippen LogP contribution is 2.00. The zero-order valence-corrected chi connectivity index (χ0v) is 7.47. The topological polar surface area (TPSA) is 43.4 Å². The van der Waals surface area contributed by atoms with Crippen LogP contribution >= 0.6 is 0 Å². The van der Waals surface area contributed by atoms with Crippen molar-refractivity contribution >= 4 is 12.3 Å². The van der Waals surface area contributed by atoms with Crippen LogP contribution < -0.4 is 0 Å². The summed E-state index contributed by atoms with van der Waals surface area (Å²) in [6.07, 6.45) is 3.48. The van der Waals surface area contributed by atoms with E-state index in [0.717, 1.165) is 17.7 Å². The molecule has 1 aromatic carbocycles. The van der Waals surface area contributed by atoms with E-state index in [1.54, 1.807) is 0 Å². The number of esters is 1. The maximum absolute atomic E-state index is 10.9. The summed E-state index contributed by atoms with van der Waals surface area (Å²) in [5, 5.41) is 0. The third kappa shape index (κ3) is 3.67. The fraction of sp³-hybridized carbons (Fsp3) is 0.0909. The minimum Gasteiger partial charge on any atom is -0.458 e. The largest absolute Gasteiger partial charge is 0.458 e. The Hall–Kier alpha value is -1.90. The van der Waals surface area contributed by atoms with Crippen molar-refractivity contribution in [1.29, 1.82) is 0 Å². The Labute approximate surface area is 82.0 Å². The number of carbonyl (C=O) groups excluding carboxylic acids is 2. The van der Waals surface area contributed by atoms with Gasteiger partial charge in [0.05, 0.1) is 0 Å². The van der Waals surface area contributed by atoms with Gasteiger partial charge < -0.3 is 4.74 Å². The summed E-state index contributed by atoms with van der Waals surface area (Å²) < 4.78 is 4.83. The summed E-state index contributed by atoms with van der Waals surface area (Å²) in [6.45, 7) is 0.211. The van der Waals surface area contributed by atoms with E-state index in [0.29, 0.717) is 0 Å². The highest BCUT2D eigenvalue weighted by molar-refractivity contribution is 5.86. The zero-order chi connectivity index (χ0) is 10.2. The molecule has 3 heteroatoms. The fourth-order valence-corrected chi connectivity index (χ4v) is 0.879. The van der Waals surface area contributed by atoms with Gasteiger partial charge in [-0.3, -0.25) is 4.79 Å². The molecule has 0 N–H and O–H groups in total. The van der Waals surface area contributed by atoms with Crippen LogP contribution in [0.1, 0.15) is 5.56 Å². The number of hydrogen-bond acceptors (Lipinski definition) is 3. The fourth-order valence-electron chi connectivity index (χ4n) is 0.879. The average molecular weight is 189 g/mol. The van der Waals surface area contributed by atoms with Gasteiger partial charge in [-0.15, -0.1) is 0 Å². The van der Waals surface area contributed by atoms with Gasteiger partial charge in [0, 0.05) is 6.08 Å². The lowest BCUT2D eigenvalue weighted by molar-refractivity contribution is -0.139. The molecule has 0 fully saturated rings. The molecule has 71 valence electrons. The van der Waals surface area contributed by atoms with Gasteiger partial charge in [-0.25, -0.2) is 4.79 Å². The molecule has 3 nitrogen and oxygen atoms in total. The van der Waals surface area contributed by atoms with Crippen molar-refractivity contribution in [2.24, 2.45) is 0 Å². The smallest absolute Gasteiger partial charge is 0.331 e. The van der Waals surface area contributed by atoms with Crippen LogP contribution in [-0.2, 0) is 20.9 Å². The SMILES string of the molecule is O=[C]C=CC(=O)OCc1ccccc1. The first-order chi connectivity index (χ1) is 6.83. The van der Waals surface area contributed by atoms with Crippen LogP contribution in [-0.4, -0.2) is 12.3 Å². The molecule has 14 heavy (non-hydrogen) atoms. The van der Waals surface area contributed by atoms with Crippen molar-refractivity contribution in [3.05, 3.63) is 48.0 Å². The Morgan fingerprint density at radius 1 is 1.36 bits per heavy atom. The standard InChI is InChI=1S/C11H9O3/c12-8-4-7-11(13)14-9-10-5-2-1-3-6-10/h1-7H,9H2. The first-order valence-electron chi connectivity index (χ1n) is 4.08. The molecule has 0 aromatic heterocycles. The van der Waals surface area contributed by atoms with Gasteiger partial charge >= 0.3 is 5.97 Å². The van der Waals surface area contributed by atoms with Crippen molar-refractivity contribution in [3.63, 3.8) is 0 Å². The predicted molar refractivity (Wildman–Crippen MR) is 51.1 cm³/mol. The molecule has 0 saturated heterocycles. The molecular weight excluding hydrogens is 180 g/mol. The van der Waals surface area contributed by atoms with Gasteiger partial charge in [-0.2, -0.15) is 0 Å². The lowest BCUT2D eigenvalue weighted by atomic mass is 10.2. The van der Waals surface area contributed by atoms with Crippen LogP contribution in [0.25, 0.3) is 0 Å². The molecule has 1 rings (SSSR count). The van der Waals surface area contributed by atoms with E-state index in [4.69, 9.17) is 4.74 Å². The molecule has 0 aliphatic rings. The van der Waals surface area contributed by atoms with Crippen LogP contribution in [0.2, 0.25) is 0 Å². The van der Waals surface area contributed by atoms with Crippen molar-refractivity contribution in [1.82, 2.24) is 0 Å². The molecule has 0 spiro atoms. The normalized spacial score (nSPS) is 10.0. The maximum Gasteiger partial charge on any atom is 0.331 e. The second-order valence-corrected chi connectivity index (χ2v) is 2.54. The molecule has 1 radical (unpaired) electrons. The Kier molecular flexibility index (Phi) is 4.14. The summed E-state index contributed by atoms with van der Waals surface area (Å²) in [7, 11) is 0. The van der Waals surface area contributed by atoms with Crippen LogP contribution in [0.15, 0.2) is 42.5 Å². The summed E-state index contributed by atoms with van der Waals surface area (Å²) in [6, 6.07) is 9.30. The lowest BCUT2D eigenvalue weighted by Crippen LogP contribution is -2.00. The van der Waals surface area contributed by atoms with E-state index >= 15 is 0 Å². The number of benzene rings is 1. The Bertz CT molecular complexity index is 328. The van der Waals surface area contributed by atoms with Gasteiger partial charge in [0.15, 0.2) is 0 Å². The first-order valence-corrected chi connectivity index (χ1v) is 4.08. The lowest BCUT2D eigenvalue weighted by Gasteiger charge is -2.00. The van der Waals surface area contributed by atoms with E-state index in [9.17, 15) is 9.59 Å². The quantitative estimate of drug-likeness (QED) is 0.531. The van der Waals surface area contributed by atoms with Gasteiger partial charge in [0.1, 0.15) is 6.61 Å².